The zero-order chi connectivity index (χ0) is 12.0. The Morgan fingerprint density at radius 1 is 1.50 bits per heavy atom. The third-order valence-corrected chi connectivity index (χ3v) is 2.71. The molecule has 4 heteroatoms. The molecule has 1 aromatic heterocycles. The molecule has 2 N–H and O–H groups in total. The Hall–Kier alpha value is -0.870. The summed E-state index contributed by atoms with van der Waals surface area (Å²) in [6.07, 6.45) is 6.92. The fourth-order valence-electron chi connectivity index (χ4n) is 1.62. The van der Waals surface area contributed by atoms with Gasteiger partial charge in [0.15, 0.2) is 0 Å². The lowest BCUT2D eigenvalue weighted by molar-refractivity contribution is 0.0318. The van der Waals surface area contributed by atoms with Gasteiger partial charge in [-0.15, -0.1) is 0 Å². The van der Waals surface area contributed by atoms with Crippen LogP contribution in [0.2, 0.25) is 0 Å². The Bertz CT molecular complexity index is 298. The van der Waals surface area contributed by atoms with Crippen molar-refractivity contribution in [2.45, 2.75) is 45.3 Å². The quantitative estimate of drug-likeness (QED) is 0.722. The van der Waals surface area contributed by atoms with Gasteiger partial charge >= 0.3 is 0 Å². The summed E-state index contributed by atoms with van der Waals surface area (Å²) in [6, 6.07) is 0.0426. The van der Waals surface area contributed by atoms with E-state index in [1.54, 1.807) is 4.68 Å². The van der Waals surface area contributed by atoms with Crippen molar-refractivity contribution in [2.75, 3.05) is 6.61 Å². The maximum atomic E-state index is 6.08. The van der Waals surface area contributed by atoms with Crippen molar-refractivity contribution in [1.82, 2.24) is 9.78 Å². The van der Waals surface area contributed by atoms with Gasteiger partial charge in [-0.3, -0.25) is 4.68 Å². The van der Waals surface area contributed by atoms with Crippen LogP contribution in [0.4, 0.5) is 0 Å². The van der Waals surface area contributed by atoms with E-state index in [4.69, 9.17) is 10.5 Å². The van der Waals surface area contributed by atoms with Gasteiger partial charge in [0, 0.05) is 31.5 Å². The summed E-state index contributed by atoms with van der Waals surface area (Å²) in [5.74, 6) is 0. The first-order valence-electron chi connectivity index (χ1n) is 6.04. The fraction of sp³-hybridized carbons (Fsp3) is 0.750. The zero-order valence-electron chi connectivity index (χ0n) is 10.5. The second kappa shape index (κ2) is 6.66. The van der Waals surface area contributed by atoms with Gasteiger partial charge in [0.1, 0.15) is 6.10 Å². The number of rotatable bonds is 7. The van der Waals surface area contributed by atoms with Crippen molar-refractivity contribution in [2.24, 2.45) is 12.8 Å². The lowest BCUT2D eigenvalue weighted by Gasteiger charge is -2.22. The zero-order valence-corrected chi connectivity index (χ0v) is 10.5. The SMILES string of the molecule is CCCCOC(c1cnn(C)c1)C(N)CC. The van der Waals surface area contributed by atoms with E-state index >= 15 is 0 Å². The maximum Gasteiger partial charge on any atom is 0.101 e. The second-order valence-corrected chi connectivity index (χ2v) is 4.16. The Balaban J connectivity index is 2.63. The summed E-state index contributed by atoms with van der Waals surface area (Å²) >= 11 is 0. The molecule has 0 aliphatic carbocycles. The molecule has 0 aliphatic rings. The molecule has 0 saturated carbocycles. The van der Waals surface area contributed by atoms with Crippen LogP contribution in [0, 0.1) is 0 Å². The van der Waals surface area contributed by atoms with Crippen LogP contribution < -0.4 is 5.73 Å². The molecule has 0 radical (unpaired) electrons. The summed E-state index contributed by atoms with van der Waals surface area (Å²) in [5, 5.41) is 4.16. The van der Waals surface area contributed by atoms with Gasteiger partial charge in [-0.2, -0.15) is 5.10 Å². The normalized spacial score (nSPS) is 15.0. The second-order valence-electron chi connectivity index (χ2n) is 4.16. The van der Waals surface area contributed by atoms with Crippen molar-refractivity contribution >= 4 is 0 Å². The Morgan fingerprint density at radius 3 is 2.75 bits per heavy atom. The van der Waals surface area contributed by atoms with Crippen molar-refractivity contribution < 1.29 is 4.74 Å². The molecule has 16 heavy (non-hydrogen) atoms. The van der Waals surface area contributed by atoms with E-state index in [0.717, 1.165) is 31.4 Å². The number of nitrogens with two attached hydrogens (primary N) is 1. The van der Waals surface area contributed by atoms with Gasteiger partial charge in [-0.25, -0.2) is 0 Å². The molecule has 1 rings (SSSR count). The van der Waals surface area contributed by atoms with E-state index in [-0.39, 0.29) is 12.1 Å². The lowest BCUT2D eigenvalue weighted by Crippen LogP contribution is -2.29. The first kappa shape index (κ1) is 13.2. The van der Waals surface area contributed by atoms with Gasteiger partial charge in [-0.05, 0) is 12.8 Å². The van der Waals surface area contributed by atoms with Gasteiger partial charge < -0.3 is 10.5 Å². The summed E-state index contributed by atoms with van der Waals surface area (Å²) in [4.78, 5) is 0. The topological polar surface area (TPSA) is 53.1 Å². The van der Waals surface area contributed by atoms with Crippen LogP contribution in [-0.4, -0.2) is 22.4 Å². The number of hydrogen-bond donors (Lipinski definition) is 1. The van der Waals surface area contributed by atoms with Crippen LogP contribution in [0.25, 0.3) is 0 Å². The van der Waals surface area contributed by atoms with Crippen LogP contribution in [0.3, 0.4) is 0 Å². The number of aromatic nitrogens is 2. The van der Waals surface area contributed by atoms with E-state index in [0.29, 0.717) is 0 Å². The molecule has 4 nitrogen and oxygen atoms in total. The highest BCUT2D eigenvalue weighted by Crippen LogP contribution is 2.21. The van der Waals surface area contributed by atoms with Crippen LogP contribution in [0.5, 0.6) is 0 Å². The van der Waals surface area contributed by atoms with E-state index in [9.17, 15) is 0 Å². The third kappa shape index (κ3) is 3.61. The molecule has 2 unspecified atom stereocenters. The van der Waals surface area contributed by atoms with Crippen molar-refractivity contribution in [3.05, 3.63) is 18.0 Å². The average molecular weight is 225 g/mol. The average Bonchev–Trinajstić information content (AvgIpc) is 2.70. The van der Waals surface area contributed by atoms with E-state index in [1.807, 2.05) is 19.4 Å². The minimum Gasteiger partial charge on any atom is -0.372 e. The molecule has 92 valence electrons. The molecule has 0 saturated heterocycles. The summed E-state index contributed by atoms with van der Waals surface area (Å²) in [5.41, 5.74) is 7.16. The molecule has 1 aromatic rings. The predicted octanol–water partition coefficient (Wildman–Crippen LogP) is 2.02. The lowest BCUT2D eigenvalue weighted by atomic mass is 10.0. The number of hydrogen-bond acceptors (Lipinski definition) is 3. The van der Waals surface area contributed by atoms with Crippen molar-refractivity contribution in [1.29, 1.82) is 0 Å². The Labute approximate surface area is 97.8 Å². The van der Waals surface area contributed by atoms with Crippen LogP contribution in [0.1, 0.15) is 44.8 Å². The van der Waals surface area contributed by atoms with Crippen LogP contribution in [-0.2, 0) is 11.8 Å². The molecule has 0 fully saturated rings. The first-order chi connectivity index (χ1) is 7.69. The Kier molecular flexibility index (Phi) is 5.49. The van der Waals surface area contributed by atoms with Gasteiger partial charge in [0.05, 0.1) is 6.20 Å². The largest absolute Gasteiger partial charge is 0.372 e. The summed E-state index contributed by atoms with van der Waals surface area (Å²) in [7, 11) is 1.91. The number of unbranched alkanes of at least 4 members (excludes halogenated alkanes) is 1. The number of ether oxygens (including phenoxy) is 1. The summed E-state index contributed by atoms with van der Waals surface area (Å²) in [6.45, 7) is 5.00. The molecule has 0 aliphatic heterocycles. The molecule has 0 bridgehead atoms. The maximum absolute atomic E-state index is 6.08. The molecular weight excluding hydrogens is 202 g/mol. The summed E-state index contributed by atoms with van der Waals surface area (Å²) < 4.78 is 7.64. The van der Waals surface area contributed by atoms with E-state index in [1.165, 1.54) is 0 Å². The Morgan fingerprint density at radius 2 is 2.25 bits per heavy atom. The molecule has 0 aromatic carbocycles. The monoisotopic (exact) mass is 225 g/mol. The number of nitrogens with zero attached hydrogens (tertiary/aromatic N) is 2. The molecule has 0 spiro atoms. The highest BCUT2D eigenvalue weighted by atomic mass is 16.5. The minimum absolute atomic E-state index is 0.0229. The molecular formula is C12H23N3O. The minimum atomic E-state index is -0.0229. The van der Waals surface area contributed by atoms with Crippen molar-refractivity contribution in [3.63, 3.8) is 0 Å². The van der Waals surface area contributed by atoms with E-state index in [2.05, 4.69) is 18.9 Å². The smallest absolute Gasteiger partial charge is 0.101 e. The third-order valence-electron chi connectivity index (χ3n) is 2.71. The molecule has 1 heterocycles. The molecule has 2 atom stereocenters. The highest BCUT2D eigenvalue weighted by Gasteiger charge is 2.20. The van der Waals surface area contributed by atoms with Gasteiger partial charge in [-0.1, -0.05) is 20.3 Å². The van der Waals surface area contributed by atoms with E-state index < -0.39 is 0 Å². The first-order valence-corrected chi connectivity index (χ1v) is 6.04. The van der Waals surface area contributed by atoms with Crippen LogP contribution >= 0.6 is 0 Å². The fourth-order valence-corrected chi connectivity index (χ4v) is 1.62. The van der Waals surface area contributed by atoms with Crippen LogP contribution in [0.15, 0.2) is 12.4 Å². The number of aryl methyl sites for hydroxylation is 1. The predicted molar refractivity (Wildman–Crippen MR) is 65.1 cm³/mol. The standard InChI is InChI=1S/C12H23N3O/c1-4-6-7-16-12(11(13)5-2)10-8-14-15(3)9-10/h8-9,11-12H,4-7,13H2,1-3H3. The van der Waals surface area contributed by atoms with Gasteiger partial charge in [0.25, 0.3) is 0 Å². The van der Waals surface area contributed by atoms with Gasteiger partial charge in [0.2, 0.25) is 0 Å². The highest BCUT2D eigenvalue weighted by molar-refractivity contribution is 5.10. The molecule has 0 amide bonds. The van der Waals surface area contributed by atoms with Crippen molar-refractivity contribution in [3.8, 4) is 0 Å².